The van der Waals surface area contributed by atoms with Crippen molar-refractivity contribution in [3.8, 4) is 0 Å². The van der Waals surface area contributed by atoms with Gasteiger partial charge in [0.15, 0.2) is 0 Å². The van der Waals surface area contributed by atoms with Crippen LogP contribution in [-0.4, -0.2) is 46.9 Å². The second-order valence-electron chi connectivity index (χ2n) is 6.65. The van der Waals surface area contributed by atoms with Crippen molar-refractivity contribution in [2.24, 2.45) is 5.73 Å². The molecule has 0 aromatic heterocycles. The molecule has 0 saturated heterocycles. The first-order valence-electron chi connectivity index (χ1n) is 8.88. The van der Waals surface area contributed by atoms with Crippen LogP contribution in [0.1, 0.15) is 49.7 Å². The van der Waals surface area contributed by atoms with Gasteiger partial charge in [-0.1, -0.05) is 49.9 Å². The van der Waals surface area contributed by atoms with Crippen LogP contribution in [0.2, 0.25) is 0 Å². The molecule has 1 rings (SSSR count). The summed E-state index contributed by atoms with van der Waals surface area (Å²) in [5.74, 6) is 0. The first-order chi connectivity index (χ1) is 11.6. The predicted molar refractivity (Wildman–Crippen MR) is 94.6 cm³/mol. The van der Waals surface area contributed by atoms with E-state index in [1.807, 2.05) is 24.3 Å². The van der Waals surface area contributed by atoms with Crippen LogP contribution in [0.15, 0.2) is 24.3 Å². The number of unbranched alkanes of at least 4 members (excludes halogenated alkanes) is 5. The minimum Gasteiger partial charge on any atom is -0.394 e. The van der Waals surface area contributed by atoms with Crippen molar-refractivity contribution in [1.29, 1.82) is 0 Å². The van der Waals surface area contributed by atoms with Crippen molar-refractivity contribution < 1.29 is 19.7 Å². The molecule has 0 bridgehead atoms. The maximum atomic E-state index is 12.0. The lowest BCUT2D eigenvalue weighted by Crippen LogP contribution is -2.57. The molecule has 1 aromatic rings. The maximum Gasteiger partial charge on any atom is 0.0894 e. The largest absolute Gasteiger partial charge is 0.394 e. The van der Waals surface area contributed by atoms with Crippen molar-refractivity contribution in [3.63, 3.8) is 0 Å². The molecule has 0 spiro atoms. The minimum absolute atomic E-state index is 0.205. The summed E-state index contributed by atoms with van der Waals surface area (Å²) in [6.45, 7) is -1.13. The van der Waals surface area contributed by atoms with E-state index in [0.29, 0.717) is 12.8 Å². The van der Waals surface area contributed by atoms with Crippen molar-refractivity contribution in [2.75, 3.05) is 19.9 Å². The summed E-state index contributed by atoms with van der Waals surface area (Å²) in [5.41, 5.74) is 6.57. The fourth-order valence-corrected chi connectivity index (χ4v) is 2.66. The summed E-state index contributed by atoms with van der Waals surface area (Å²) in [6, 6.07) is 7.99. The van der Waals surface area contributed by atoms with E-state index < -0.39 is 24.9 Å². The van der Waals surface area contributed by atoms with Crippen LogP contribution in [0.25, 0.3) is 0 Å². The van der Waals surface area contributed by atoms with Gasteiger partial charge in [0.2, 0.25) is 0 Å². The zero-order valence-electron chi connectivity index (χ0n) is 14.5. The van der Waals surface area contributed by atoms with Crippen molar-refractivity contribution in [3.05, 3.63) is 35.4 Å². The zero-order chi connectivity index (χ0) is 17.8. The highest BCUT2D eigenvalue weighted by Gasteiger charge is 2.32. The number of alkyl halides is 1. The molecule has 1 atom stereocenters. The van der Waals surface area contributed by atoms with Gasteiger partial charge in [0, 0.05) is 6.42 Å². The van der Waals surface area contributed by atoms with E-state index in [2.05, 4.69) is 0 Å². The minimum atomic E-state index is -1.37. The Hall–Kier alpha value is -1.01. The molecule has 24 heavy (non-hydrogen) atoms. The molecule has 0 heterocycles. The van der Waals surface area contributed by atoms with E-state index in [1.54, 1.807) is 0 Å². The first kappa shape index (κ1) is 21.0. The summed E-state index contributed by atoms with van der Waals surface area (Å²) < 4.78 is 12.0. The topological polar surface area (TPSA) is 86.7 Å². The van der Waals surface area contributed by atoms with E-state index in [9.17, 15) is 19.7 Å². The standard InChI is InChI=1S/C19H32FNO3/c20-12-6-4-2-1-3-5-7-16-8-10-17(11-9-16)13-18(24)19(21,14-22)15-23/h8-11,18,22-24H,1-7,12-15,21H2. The molecule has 0 aliphatic rings. The predicted octanol–water partition coefficient (Wildman–Crippen LogP) is 2.12. The Bertz CT molecular complexity index is 435. The molecule has 0 saturated carbocycles. The molecule has 0 amide bonds. The molecule has 138 valence electrons. The quantitative estimate of drug-likeness (QED) is 0.414. The van der Waals surface area contributed by atoms with Gasteiger partial charge in [0.05, 0.1) is 31.5 Å². The number of hydrogen-bond donors (Lipinski definition) is 4. The van der Waals surface area contributed by atoms with Crippen LogP contribution in [0, 0.1) is 0 Å². The van der Waals surface area contributed by atoms with Gasteiger partial charge in [0.1, 0.15) is 0 Å². The van der Waals surface area contributed by atoms with Gasteiger partial charge in [0.25, 0.3) is 0 Å². The van der Waals surface area contributed by atoms with E-state index >= 15 is 0 Å². The number of rotatable bonds is 13. The van der Waals surface area contributed by atoms with Gasteiger partial charge in [-0.3, -0.25) is 4.39 Å². The highest BCUT2D eigenvalue weighted by Crippen LogP contribution is 2.15. The third kappa shape index (κ3) is 7.26. The average molecular weight is 341 g/mol. The number of aryl methyl sites for hydroxylation is 1. The molecule has 4 nitrogen and oxygen atoms in total. The SMILES string of the molecule is NC(CO)(CO)C(O)Cc1ccc(CCCCCCCCF)cc1. The van der Waals surface area contributed by atoms with Gasteiger partial charge in [-0.15, -0.1) is 0 Å². The van der Waals surface area contributed by atoms with Gasteiger partial charge in [-0.25, -0.2) is 0 Å². The zero-order valence-corrected chi connectivity index (χ0v) is 14.5. The monoisotopic (exact) mass is 341 g/mol. The number of aliphatic hydroxyl groups excluding tert-OH is 3. The summed E-state index contributed by atoms with van der Waals surface area (Å²) in [6.07, 6.45) is 6.53. The lowest BCUT2D eigenvalue weighted by atomic mass is 9.90. The maximum absolute atomic E-state index is 12.0. The number of nitrogens with two attached hydrogens (primary N) is 1. The van der Waals surface area contributed by atoms with Crippen LogP contribution in [0.5, 0.6) is 0 Å². The van der Waals surface area contributed by atoms with Crippen LogP contribution >= 0.6 is 0 Å². The van der Waals surface area contributed by atoms with E-state index in [1.165, 1.54) is 5.56 Å². The van der Waals surface area contributed by atoms with E-state index in [0.717, 1.165) is 44.1 Å². The Labute approximate surface area is 144 Å². The lowest BCUT2D eigenvalue weighted by molar-refractivity contribution is 0.00832. The Morgan fingerprint density at radius 3 is 1.92 bits per heavy atom. The average Bonchev–Trinajstić information content (AvgIpc) is 2.61. The number of aliphatic hydroxyl groups is 3. The van der Waals surface area contributed by atoms with Crippen LogP contribution in [-0.2, 0) is 12.8 Å². The van der Waals surface area contributed by atoms with Crippen LogP contribution in [0.3, 0.4) is 0 Å². The Morgan fingerprint density at radius 2 is 1.38 bits per heavy atom. The fraction of sp³-hybridized carbons (Fsp3) is 0.684. The molecule has 1 unspecified atom stereocenters. The van der Waals surface area contributed by atoms with Gasteiger partial charge in [-0.05, 0) is 30.4 Å². The molecular weight excluding hydrogens is 309 g/mol. The normalized spacial score (nSPS) is 13.2. The number of hydrogen-bond acceptors (Lipinski definition) is 4. The van der Waals surface area contributed by atoms with E-state index in [-0.39, 0.29) is 6.67 Å². The first-order valence-corrected chi connectivity index (χ1v) is 8.88. The molecule has 1 aromatic carbocycles. The molecule has 0 aliphatic carbocycles. The molecule has 5 heteroatoms. The highest BCUT2D eigenvalue weighted by atomic mass is 19.1. The summed E-state index contributed by atoms with van der Waals surface area (Å²) in [7, 11) is 0. The van der Waals surface area contributed by atoms with E-state index in [4.69, 9.17) is 5.73 Å². The molecule has 5 N–H and O–H groups in total. The molecule has 0 fully saturated rings. The smallest absolute Gasteiger partial charge is 0.0894 e. The second-order valence-corrected chi connectivity index (χ2v) is 6.65. The highest BCUT2D eigenvalue weighted by molar-refractivity contribution is 5.23. The van der Waals surface area contributed by atoms with Gasteiger partial charge in [-0.2, -0.15) is 0 Å². The van der Waals surface area contributed by atoms with Crippen LogP contribution < -0.4 is 5.73 Å². The Balaban J connectivity index is 2.33. The lowest BCUT2D eigenvalue weighted by Gasteiger charge is -2.30. The van der Waals surface area contributed by atoms with Crippen molar-refractivity contribution in [1.82, 2.24) is 0 Å². The van der Waals surface area contributed by atoms with Gasteiger partial charge >= 0.3 is 0 Å². The number of benzene rings is 1. The molecular formula is C19H32FNO3. The third-order valence-corrected chi connectivity index (χ3v) is 4.55. The van der Waals surface area contributed by atoms with Crippen molar-refractivity contribution in [2.45, 2.75) is 63.0 Å². The second kappa shape index (κ2) is 11.5. The summed E-state index contributed by atoms with van der Waals surface area (Å²) in [4.78, 5) is 0. The number of halogens is 1. The summed E-state index contributed by atoms with van der Waals surface area (Å²) in [5, 5.41) is 28.5. The molecule has 0 radical (unpaired) electrons. The Morgan fingerprint density at radius 1 is 0.875 bits per heavy atom. The third-order valence-electron chi connectivity index (χ3n) is 4.55. The molecule has 0 aliphatic heterocycles. The summed E-state index contributed by atoms with van der Waals surface area (Å²) >= 11 is 0. The van der Waals surface area contributed by atoms with Crippen molar-refractivity contribution >= 4 is 0 Å². The fourth-order valence-electron chi connectivity index (χ4n) is 2.66. The van der Waals surface area contributed by atoms with Crippen LogP contribution in [0.4, 0.5) is 4.39 Å². The van der Waals surface area contributed by atoms with Gasteiger partial charge < -0.3 is 21.1 Å². The Kier molecular flexibility index (Phi) is 10.1.